The van der Waals surface area contributed by atoms with Crippen molar-refractivity contribution in [1.82, 2.24) is 29.0 Å². The molecule has 2 atom stereocenters. The summed E-state index contributed by atoms with van der Waals surface area (Å²) in [4.78, 5) is 35.2. The normalized spacial score (nSPS) is 15.2. The lowest BCUT2D eigenvalue weighted by Gasteiger charge is -2.39. The highest BCUT2D eigenvalue weighted by atomic mass is 16.3. The third-order valence-electron chi connectivity index (χ3n) is 9.27. The summed E-state index contributed by atoms with van der Waals surface area (Å²) in [5.74, 6) is -0.505. The van der Waals surface area contributed by atoms with E-state index in [2.05, 4.69) is 30.2 Å². The van der Waals surface area contributed by atoms with E-state index >= 15 is 0 Å². The smallest absolute Gasteiger partial charge is 0.275 e. The molecule has 2 amide bonds. The number of aliphatic hydroxyl groups is 2. The van der Waals surface area contributed by atoms with Gasteiger partial charge in [-0.2, -0.15) is 5.10 Å². The fraction of sp³-hybridized carbons (Fsp3) is 0.368. The largest absolute Gasteiger partial charge is 0.395 e. The van der Waals surface area contributed by atoms with Crippen molar-refractivity contribution < 1.29 is 19.8 Å². The molecule has 2 aromatic carbocycles. The van der Waals surface area contributed by atoms with Gasteiger partial charge in [0.05, 0.1) is 12.3 Å². The first kappa shape index (κ1) is 34.0. The zero-order valence-corrected chi connectivity index (χ0v) is 28.4. The van der Waals surface area contributed by atoms with Crippen LogP contribution < -0.4 is 5.32 Å². The van der Waals surface area contributed by atoms with Crippen LogP contribution in [-0.2, 0) is 13.0 Å². The van der Waals surface area contributed by atoms with E-state index in [0.717, 1.165) is 42.5 Å². The van der Waals surface area contributed by atoms with E-state index in [0.29, 0.717) is 54.3 Å². The van der Waals surface area contributed by atoms with Crippen molar-refractivity contribution in [2.75, 3.05) is 25.0 Å². The van der Waals surface area contributed by atoms with Crippen LogP contribution in [0.1, 0.15) is 89.1 Å². The number of hydrogen-bond acceptors (Lipinski definition) is 7. The number of carbonyl (C=O) groups is 2. The number of nitrogens with zero attached hydrogens (tertiary/aromatic N) is 6. The number of imidazole rings is 1. The van der Waals surface area contributed by atoms with E-state index < -0.39 is 6.23 Å². The molecule has 2 unspecified atom stereocenters. The van der Waals surface area contributed by atoms with Crippen molar-refractivity contribution in [3.05, 3.63) is 113 Å². The highest BCUT2D eigenvalue weighted by Crippen LogP contribution is 2.34. The molecule has 0 radical (unpaired) electrons. The first-order valence-corrected chi connectivity index (χ1v) is 17.2. The van der Waals surface area contributed by atoms with Crippen molar-refractivity contribution in [2.24, 2.45) is 0 Å². The second-order valence-electron chi connectivity index (χ2n) is 12.8. The number of aryl methyl sites for hydroxylation is 1. The van der Waals surface area contributed by atoms with Gasteiger partial charge in [-0.3, -0.25) is 14.5 Å². The Labute approximate surface area is 286 Å². The van der Waals surface area contributed by atoms with Gasteiger partial charge < -0.3 is 24.8 Å². The molecule has 1 aliphatic rings. The van der Waals surface area contributed by atoms with Gasteiger partial charge in [0.1, 0.15) is 17.6 Å². The molecule has 256 valence electrons. The summed E-state index contributed by atoms with van der Waals surface area (Å²) < 4.78 is 3.46. The van der Waals surface area contributed by atoms with Crippen LogP contribution in [0.15, 0.2) is 79.1 Å². The van der Waals surface area contributed by atoms with E-state index in [1.54, 1.807) is 39.5 Å². The van der Waals surface area contributed by atoms with Gasteiger partial charge in [-0.05, 0) is 73.7 Å². The Morgan fingerprint density at radius 2 is 1.71 bits per heavy atom. The minimum atomic E-state index is -1.17. The van der Waals surface area contributed by atoms with Gasteiger partial charge >= 0.3 is 0 Å². The lowest BCUT2D eigenvalue weighted by Crippen LogP contribution is -2.45. The van der Waals surface area contributed by atoms with Crippen molar-refractivity contribution >= 4 is 23.1 Å². The molecule has 11 heteroatoms. The fourth-order valence-electron chi connectivity index (χ4n) is 6.51. The standard InChI is InChI=1S/C38H45N7O4/c1-4-6-17-42(18-7-5-2)38(49)32-20-26(3)45(41-32)34-16-15-29(39-36(47)33-24-43-19-11-10-14-35(43)40-33)22-31(34)37(48)44-23-28-13-9-8-12-27(28)21-30(44)25-46/h8-16,19-20,22,24,30,37,46,48H,4-7,17-18,21,23,25H2,1-3H3,(H,39,47). The summed E-state index contributed by atoms with van der Waals surface area (Å²) in [7, 11) is 0. The molecule has 5 aromatic rings. The average Bonchev–Trinajstić information content (AvgIpc) is 3.74. The number of nitrogens with one attached hydrogen (secondary N) is 1. The molecule has 0 saturated carbocycles. The Morgan fingerprint density at radius 1 is 0.980 bits per heavy atom. The Bertz CT molecular complexity index is 1890. The lowest BCUT2D eigenvalue weighted by atomic mass is 9.93. The van der Waals surface area contributed by atoms with Crippen LogP contribution in [0.4, 0.5) is 5.69 Å². The molecule has 3 aromatic heterocycles. The van der Waals surface area contributed by atoms with Crippen LogP contribution in [0, 0.1) is 6.92 Å². The molecule has 6 rings (SSSR count). The number of carbonyl (C=O) groups excluding carboxylic acids is 2. The van der Waals surface area contributed by atoms with Crippen molar-refractivity contribution in [3.8, 4) is 5.69 Å². The van der Waals surface area contributed by atoms with Crippen LogP contribution in [0.3, 0.4) is 0 Å². The zero-order chi connectivity index (χ0) is 34.5. The van der Waals surface area contributed by atoms with Crippen LogP contribution in [0.5, 0.6) is 0 Å². The third-order valence-corrected chi connectivity index (χ3v) is 9.27. The second kappa shape index (κ2) is 15.1. The first-order chi connectivity index (χ1) is 23.8. The summed E-state index contributed by atoms with van der Waals surface area (Å²) in [5, 5.41) is 30.3. The molecular formula is C38H45N7O4. The molecule has 0 aliphatic carbocycles. The summed E-state index contributed by atoms with van der Waals surface area (Å²) in [5.41, 5.74) is 5.70. The number of benzene rings is 2. The summed E-state index contributed by atoms with van der Waals surface area (Å²) in [6, 6.07) is 20.3. The number of fused-ring (bicyclic) bond motifs is 2. The molecule has 1 aliphatic heterocycles. The Kier molecular flexibility index (Phi) is 10.5. The van der Waals surface area contributed by atoms with Gasteiger partial charge in [-0.1, -0.05) is 57.0 Å². The summed E-state index contributed by atoms with van der Waals surface area (Å²) in [6.07, 6.45) is 6.71. The number of rotatable bonds is 13. The number of unbranched alkanes of at least 4 members (excludes halogenated alkanes) is 2. The van der Waals surface area contributed by atoms with E-state index in [4.69, 9.17) is 5.10 Å². The van der Waals surface area contributed by atoms with Gasteiger partial charge in [0, 0.05) is 55.0 Å². The quantitative estimate of drug-likeness (QED) is 0.151. The number of aliphatic hydroxyl groups excluding tert-OH is 2. The number of aromatic nitrogens is 4. The second-order valence-corrected chi connectivity index (χ2v) is 12.8. The minimum Gasteiger partial charge on any atom is -0.395 e. The molecule has 0 saturated heterocycles. The number of hydrogen-bond donors (Lipinski definition) is 3. The van der Waals surface area contributed by atoms with E-state index in [1.807, 2.05) is 59.3 Å². The van der Waals surface area contributed by atoms with E-state index in [-0.39, 0.29) is 30.2 Å². The van der Waals surface area contributed by atoms with Gasteiger partial charge in [0.15, 0.2) is 5.69 Å². The summed E-state index contributed by atoms with van der Waals surface area (Å²) in [6.45, 7) is 7.73. The van der Waals surface area contributed by atoms with Crippen molar-refractivity contribution in [2.45, 2.75) is 71.7 Å². The summed E-state index contributed by atoms with van der Waals surface area (Å²) >= 11 is 0. The topological polar surface area (TPSA) is 128 Å². The first-order valence-electron chi connectivity index (χ1n) is 17.2. The highest BCUT2D eigenvalue weighted by Gasteiger charge is 2.33. The molecule has 0 fully saturated rings. The van der Waals surface area contributed by atoms with Gasteiger partial charge in [0.2, 0.25) is 0 Å². The number of pyridine rings is 1. The fourth-order valence-corrected chi connectivity index (χ4v) is 6.51. The molecule has 4 heterocycles. The Morgan fingerprint density at radius 3 is 2.43 bits per heavy atom. The van der Waals surface area contributed by atoms with Crippen LogP contribution in [0.25, 0.3) is 11.3 Å². The molecule has 3 N–H and O–H groups in total. The molecule has 0 bridgehead atoms. The molecular weight excluding hydrogens is 618 g/mol. The van der Waals surface area contributed by atoms with E-state index in [1.165, 1.54) is 0 Å². The van der Waals surface area contributed by atoms with Crippen LogP contribution in [0.2, 0.25) is 0 Å². The predicted octanol–water partition coefficient (Wildman–Crippen LogP) is 5.53. The van der Waals surface area contributed by atoms with Gasteiger partial charge in [-0.15, -0.1) is 0 Å². The molecule has 0 spiro atoms. The van der Waals surface area contributed by atoms with Gasteiger partial charge in [0.25, 0.3) is 11.8 Å². The van der Waals surface area contributed by atoms with E-state index in [9.17, 15) is 19.8 Å². The maximum Gasteiger partial charge on any atom is 0.275 e. The number of amides is 2. The zero-order valence-electron chi connectivity index (χ0n) is 28.4. The maximum atomic E-state index is 13.7. The van der Waals surface area contributed by atoms with Crippen LogP contribution in [-0.4, -0.2) is 76.7 Å². The Balaban J connectivity index is 1.37. The minimum absolute atomic E-state index is 0.116. The highest BCUT2D eigenvalue weighted by molar-refractivity contribution is 6.03. The number of anilines is 1. The van der Waals surface area contributed by atoms with Crippen molar-refractivity contribution in [3.63, 3.8) is 0 Å². The van der Waals surface area contributed by atoms with Crippen molar-refractivity contribution in [1.29, 1.82) is 0 Å². The van der Waals surface area contributed by atoms with Crippen LogP contribution >= 0.6 is 0 Å². The SMILES string of the molecule is CCCCN(CCCC)C(=O)c1cc(C)n(-c2ccc(NC(=O)c3cn4ccccc4n3)cc2C(O)N2Cc3ccccc3CC2CO)n1. The molecule has 49 heavy (non-hydrogen) atoms. The average molecular weight is 664 g/mol. The predicted molar refractivity (Wildman–Crippen MR) is 189 cm³/mol. The lowest BCUT2D eigenvalue weighted by molar-refractivity contribution is -0.0529. The molecule has 11 nitrogen and oxygen atoms in total. The van der Waals surface area contributed by atoms with Gasteiger partial charge in [-0.25, -0.2) is 9.67 Å². The Hall–Kier alpha value is -4.84. The third kappa shape index (κ3) is 7.29. The monoisotopic (exact) mass is 663 g/mol. The maximum absolute atomic E-state index is 13.7.